The molecule has 0 aliphatic heterocycles. The molecule has 0 bridgehead atoms. The molecule has 2 aromatic carbocycles. The zero-order chi connectivity index (χ0) is 17.3. The molecule has 3 aromatic rings. The predicted octanol–water partition coefficient (Wildman–Crippen LogP) is 1.33. The second kappa shape index (κ2) is 6.04. The van der Waals surface area contributed by atoms with Gasteiger partial charge in [-0.1, -0.05) is 18.2 Å². The molecule has 24 heavy (non-hydrogen) atoms. The molecule has 0 amide bonds. The number of aryl methyl sites for hydroxylation is 1. The normalized spacial score (nSPS) is 10.6. The molecule has 7 heteroatoms. The highest BCUT2D eigenvalue weighted by Gasteiger charge is 2.11. The topological polar surface area (TPSA) is 86.1 Å². The molecule has 0 aliphatic rings. The Hall–Kier alpha value is -3.35. The first-order chi connectivity index (χ1) is 11.5. The van der Waals surface area contributed by atoms with E-state index < -0.39 is 17.1 Å². The summed E-state index contributed by atoms with van der Waals surface area (Å²) in [5.41, 5.74) is -1.13. The van der Waals surface area contributed by atoms with E-state index in [0.717, 1.165) is 14.7 Å². The van der Waals surface area contributed by atoms with Gasteiger partial charge in [0.25, 0.3) is 0 Å². The molecule has 1 N–H and O–H groups in total. The summed E-state index contributed by atoms with van der Waals surface area (Å²) in [5, 5.41) is 0. The first kappa shape index (κ1) is 15.5. The van der Waals surface area contributed by atoms with Crippen LogP contribution in [0.15, 0.2) is 62.9 Å². The third kappa shape index (κ3) is 2.79. The lowest BCUT2D eigenvalue weighted by molar-refractivity contribution is 0.478. The standard InChI is InChI=1S/C17H15N3O4/c1-11-10-12(20-16(22)18-15(21)19(2)17(20)23)8-9-14(11)24-13-6-4-3-5-7-13/h3-10H,1-2H3,(H,18,21,22). The molecule has 1 aromatic heterocycles. The number of H-pyrrole nitrogens is 1. The van der Waals surface area contributed by atoms with Gasteiger partial charge in [0.2, 0.25) is 0 Å². The van der Waals surface area contributed by atoms with Crippen LogP contribution >= 0.6 is 0 Å². The van der Waals surface area contributed by atoms with Crippen LogP contribution in [-0.4, -0.2) is 14.1 Å². The van der Waals surface area contributed by atoms with Crippen molar-refractivity contribution in [1.82, 2.24) is 14.1 Å². The third-order valence-electron chi connectivity index (χ3n) is 3.59. The van der Waals surface area contributed by atoms with E-state index >= 15 is 0 Å². The van der Waals surface area contributed by atoms with Gasteiger partial charge in [-0.25, -0.2) is 23.5 Å². The van der Waals surface area contributed by atoms with Crippen LogP contribution in [0.3, 0.4) is 0 Å². The van der Waals surface area contributed by atoms with E-state index in [1.165, 1.54) is 7.05 Å². The number of nitrogens with zero attached hydrogens (tertiary/aromatic N) is 2. The number of hydrogen-bond acceptors (Lipinski definition) is 4. The Labute approximate surface area is 136 Å². The maximum Gasteiger partial charge on any atom is 0.340 e. The van der Waals surface area contributed by atoms with Gasteiger partial charge in [-0.15, -0.1) is 0 Å². The lowest BCUT2D eigenvalue weighted by Gasteiger charge is -2.11. The van der Waals surface area contributed by atoms with Gasteiger partial charge in [0.05, 0.1) is 5.69 Å². The molecule has 0 radical (unpaired) electrons. The molecular formula is C17H15N3O4. The van der Waals surface area contributed by atoms with Gasteiger partial charge in [0.1, 0.15) is 11.5 Å². The van der Waals surface area contributed by atoms with E-state index in [4.69, 9.17) is 4.74 Å². The van der Waals surface area contributed by atoms with Crippen LogP contribution in [0.4, 0.5) is 0 Å². The minimum atomic E-state index is -0.778. The van der Waals surface area contributed by atoms with Crippen molar-refractivity contribution in [2.45, 2.75) is 6.92 Å². The lowest BCUT2D eigenvalue weighted by atomic mass is 10.2. The zero-order valence-corrected chi connectivity index (χ0v) is 13.1. The molecule has 0 fully saturated rings. The highest BCUT2D eigenvalue weighted by molar-refractivity contribution is 5.45. The fourth-order valence-electron chi connectivity index (χ4n) is 2.29. The van der Waals surface area contributed by atoms with Gasteiger partial charge in [-0.05, 0) is 42.8 Å². The third-order valence-corrected chi connectivity index (χ3v) is 3.59. The fraction of sp³-hybridized carbons (Fsp3) is 0.118. The van der Waals surface area contributed by atoms with E-state index in [2.05, 4.69) is 4.98 Å². The maximum atomic E-state index is 12.2. The van der Waals surface area contributed by atoms with Crippen molar-refractivity contribution in [1.29, 1.82) is 0 Å². The van der Waals surface area contributed by atoms with Gasteiger partial charge < -0.3 is 4.74 Å². The number of aromatic amines is 1. The van der Waals surface area contributed by atoms with Crippen LogP contribution in [0.2, 0.25) is 0 Å². The number of hydrogen-bond donors (Lipinski definition) is 1. The van der Waals surface area contributed by atoms with E-state index in [1.807, 2.05) is 37.3 Å². The van der Waals surface area contributed by atoms with Gasteiger partial charge in [0, 0.05) is 7.05 Å². The zero-order valence-electron chi connectivity index (χ0n) is 13.1. The largest absolute Gasteiger partial charge is 0.457 e. The monoisotopic (exact) mass is 325 g/mol. The second-order valence-corrected chi connectivity index (χ2v) is 5.28. The molecule has 0 saturated heterocycles. The molecule has 0 atom stereocenters. The number of benzene rings is 2. The molecule has 0 aliphatic carbocycles. The minimum absolute atomic E-state index is 0.356. The number of nitrogens with one attached hydrogen (secondary N) is 1. The molecule has 0 saturated carbocycles. The first-order valence-corrected chi connectivity index (χ1v) is 7.23. The van der Waals surface area contributed by atoms with Crippen molar-refractivity contribution < 1.29 is 4.74 Å². The van der Waals surface area contributed by atoms with Crippen molar-refractivity contribution in [3.63, 3.8) is 0 Å². The Morgan fingerprint density at radius 2 is 1.67 bits per heavy atom. The minimum Gasteiger partial charge on any atom is -0.457 e. The number of rotatable bonds is 3. The summed E-state index contributed by atoms with van der Waals surface area (Å²) in [6.45, 7) is 1.81. The summed E-state index contributed by atoms with van der Waals surface area (Å²) in [5.74, 6) is 1.30. The molecule has 1 heterocycles. The van der Waals surface area contributed by atoms with Crippen LogP contribution in [0.1, 0.15) is 5.56 Å². The van der Waals surface area contributed by atoms with Crippen LogP contribution < -0.4 is 21.8 Å². The highest BCUT2D eigenvalue weighted by Crippen LogP contribution is 2.25. The summed E-state index contributed by atoms with van der Waals surface area (Å²) in [6, 6.07) is 14.2. The van der Waals surface area contributed by atoms with Crippen molar-refractivity contribution >= 4 is 0 Å². The van der Waals surface area contributed by atoms with E-state index in [9.17, 15) is 14.4 Å². The molecular weight excluding hydrogens is 310 g/mol. The summed E-state index contributed by atoms with van der Waals surface area (Å²) in [7, 11) is 1.30. The van der Waals surface area contributed by atoms with E-state index in [0.29, 0.717) is 17.2 Å². The van der Waals surface area contributed by atoms with Gasteiger partial charge >= 0.3 is 17.1 Å². The molecule has 122 valence electrons. The second-order valence-electron chi connectivity index (χ2n) is 5.28. The SMILES string of the molecule is Cc1cc(-n2c(=O)[nH]c(=O)n(C)c2=O)ccc1Oc1ccccc1. The maximum absolute atomic E-state index is 12.2. The van der Waals surface area contributed by atoms with Crippen LogP contribution in [-0.2, 0) is 7.05 Å². The van der Waals surface area contributed by atoms with Crippen LogP contribution in [0, 0.1) is 6.92 Å². The van der Waals surface area contributed by atoms with Crippen molar-refractivity contribution in [3.05, 3.63) is 85.5 Å². The average Bonchev–Trinajstić information content (AvgIpc) is 2.56. The van der Waals surface area contributed by atoms with Crippen LogP contribution in [0.25, 0.3) is 5.69 Å². The molecule has 7 nitrogen and oxygen atoms in total. The number of aromatic nitrogens is 3. The van der Waals surface area contributed by atoms with Gasteiger partial charge in [-0.2, -0.15) is 0 Å². The highest BCUT2D eigenvalue weighted by atomic mass is 16.5. The smallest absolute Gasteiger partial charge is 0.340 e. The Bertz CT molecular complexity index is 1060. The molecule has 0 spiro atoms. The van der Waals surface area contributed by atoms with E-state index in [-0.39, 0.29) is 0 Å². The average molecular weight is 325 g/mol. The Morgan fingerprint density at radius 3 is 2.33 bits per heavy atom. The fourth-order valence-corrected chi connectivity index (χ4v) is 2.29. The lowest BCUT2D eigenvalue weighted by Crippen LogP contribution is -2.47. The Morgan fingerprint density at radius 1 is 0.958 bits per heavy atom. The van der Waals surface area contributed by atoms with Crippen LogP contribution in [0.5, 0.6) is 11.5 Å². The summed E-state index contributed by atoms with van der Waals surface area (Å²) in [6.07, 6.45) is 0. The van der Waals surface area contributed by atoms with Crippen molar-refractivity contribution in [3.8, 4) is 17.2 Å². The summed E-state index contributed by atoms with van der Waals surface area (Å²) in [4.78, 5) is 37.7. The van der Waals surface area contributed by atoms with Crippen molar-refractivity contribution in [2.75, 3.05) is 0 Å². The first-order valence-electron chi connectivity index (χ1n) is 7.23. The summed E-state index contributed by atoms with van der Waals surface area (Å²) >= 11 is 0. The quantitative estimate of drug-likeness (QED) is 0.787. The van der Waals surface area contributed by atoms with Gasteiger partial charge in [-0.3, -0.25) is 4.98 Å². The Kier molecular flexibility index (Phi) is 3.91. The van der Waals surface area contributed by atoms with Gasteiger partial charge in [0.15, 0.2) is 0 Å². The molecule has 3 rings (SSSR count). The van der Waals surface area contributed by atoms with E-state index in [1.54, 1.807) is 18.2 Å². The number of para-hydroxylation sites is 1. The summed E-state index contributed by atoms with van der Waals surface area (Å²) < 4.78 is 7.52. The Balaban J connectivity index is 2.06. The number of ether oxygens (including phenoxy) is 1. The van der Waals surface area contributed by atoms with Crippen molar-refractivity contribution in [2.24, 2.45) is 7.05 Å². The predicted molar refractivity (Wildman–Crippen MR) is 89.2 cm³/mol. The molecule has 0 unspecified atom stereocenters.